The molecule has 0 saturated carbocycles. The zero-order valence-electron chi connectivity index (χ0n) is 10.1. The topological polar surface area (TPSA) is 65.2 Å². The third-order valence-electron chi connectivity index (χ3n) is 2.46. The van der Waals surface area contributed by atoms with Crippen molar-refractivity contribution < 1.29 is 9.53 Å². The summed E-state index contributed by atoms with van der Waals surface area (Å²) >= 11 is 7.24. The Bertz CT molecular complexity index is 571. The van der Waals surface area contributed by atoms with Gasteiger partial charge in [-0.25, -0.2) is 4.98 Å². The van der Waals surface area contributed by atoms with Crippen molar-refractivity contribution in [3.8, 4) is 5.75 Å². The number of ether oxygens (including phenoxy) is 1. The number of thiazole rings is 1. The highest BCUT2D eigenvalue weighted by atomic mass is 35.5. The molecular formula is C13H13ClN2O2S. The minimum atomic E-state index is -0.491. The van der Waals surface area contributed by atoms with Crippen LogP contribution in [0.5, 0.6) is 5.75 Å². The molecule has 0 atom stereocenters. The summed E-state index contributed by atoms with van der Waals surface area (Å²) in [7, 11) is 0. The second-order valence-corrected chi connectivity index (χ2v) is 5.03. The van der Waals surface area contributed by atoms with Gasteiger partial charge in [0.25, 0.3) is 5.91 Å². The van der Waals surface area contributed by atoms with Gasteiger partial charge >= 0.3 is 0 Å². The lowest BCUT2D eigenvalue weighted by Gasteiger charge is -2.08. The molecule has 6 heteroatoms. The van der Waals surface area contributed by atoms with E-state index in [0.717, 1.165) is 10.7 Å². The first-order valence-corrected chi connectivity index (χ1v) is 7.13. The summed E-state index contributed by atoms with van der Waals surface area (Å²) in [4.78, 5) is 15.5. The van der Waals surface area contributed by atoms with E-state index in [0.29, 0.717) is 30.2 Å². The molecule has 0 aliphatic carbocycles. The van der Waals surface area contributed by atoms with Gasteiger partial charge < -0.3 is 10.5 Å². The molecular weight excluding hydrogens is 284 g/mol. The molecule has 2 N–H and O–H groups in total. The number of amides is 1. The lowest BCUT2D eigenvalue weighted by Crippen LogP contribution is -2.13. The Labute approximate surface area is 120 Å². The zero-order valence-corrected chi connectivity index (χ0v) is 11.7. The van der Waals surface area contributed by atoms with Crippen molar-refractivity contribution in [1.29, 1.82) is 0 Å². The maximum Gasteiger partial charge on any atom is 0.252 e. The molecule has 4 nitrogen and oxygen atoms in total. The van der Waals surface area contributed by atoms with Crippen molar-refractivity contribution in [3.63, 3.8) is 0 Å². The Hall–Kier alpha value is -1.59. The van der Waals surface area contributed by atoms with Gasteiger partial charge in [0.2, 0.25) is 0 Å². The fraction of sp³-hybridized carbons (Fsp3) is 0.231. The number of alkyl halides is 1. The van der Waals surface area contributed by atoms with E-state index in [9.17, 15) is 4.79 Å². The number of carbonyl (C=O) groups excluding carboxylic acids is 1. The Morgan fingerprint density at radius 3 is 2.89 bits per heavy atom. The molecule has 1 aromatic carbocycles. The van der Waals surface area contributed by atoms with E-state index in [-0.39, 0.29) is 0 Å². The number of aromatic nitrogens is 1. The van der Waals surface area contributed by atoms with Gasteiger partial charge in [-0.1, -0.05) is 12.1 Å². The summed E-state index contributed by atoms with van der Waals surface area (Å²) in [6.45, 7) is 0.444. The first-order chi connectivity index (χ1) is 9.20. The number of halogens is 1. The van der Waals surface area contributed by atoms with Crippen LogP contribution in [0.3, 0.4) is 0 Å². The van der Waals surface area contributed by atoms with Crippen LogP contribution in [0.1, 0.15) is 21.1 Å². The van der Waals surface area contributed by atoms with Gasteiger partial charge in [-0.05, 0) is 12.1 Å². The van der Waals surface area contributed by atoms with Crippen molar-refractivity contribution >= 4 is 28.8 Å². The average molecular weight is 297 g/mol. The molecule has 100 valence electrons. The smallest absolute Gasteiger partial charge is 0.252 e. The summed E-state index contributed by atoms with van der Waals surface area (Å²) < 4.78 is 5.58. The molecule has 0 fully saturated rings. The highest BCUT2D eigenvalue weighted by molar-refractivity contribution is 7.09. The average Bonchev–Trinajstić information content (AvgIpc) is 2.87. The molecule has 0 spiro atoms. The number of primary amides is 1. The van der Waals surface area contributed by atoms with E-state index in [1.807, 2.05) is 5.38 Å². The molecule has 2 rings (SSSR count). The first kappa shape index (κ1) is 13.8. The van der Waals surface area contributed by atoms with Crippen molar-refractivity contribution in [2.24, 2.45) is 5.73 Å². The molecule has 1 aromatic heterocycles. The minimum Gasteiger partial charge on any atom is -0.492 e. The highest BCUT2D eigenvalue weighted by Crippen LogP contribution is 2.18. The second kappa shape index (κ2) is 6.54. The van der Waals surface area contributed by atoms with E-state index in [1.54, 1.807) is 35.6 Å². The van der Waals surface area contributed by atoms with Gasteiger partial charge in [0, 0.05) is 11.8 Å². The van der Waals surface area contributed by atoms with Crippen LogP contribution < -0.4 is 10.5 Å². The summed E-state index contributed by atoms with van der Waals surface area (Å²) in [6, 6.07) is 6.93. The Balaban J connectivity index is 1.94. The Kier molecular flexibility index (Phi) is 4.76. The van der Waals surface area contributed by atoms with Crippen LogP contribution in [-0.4, -0.2) is 17.5 Å². The van der Waals surface area contributed by atoms with E-state index < -0.39 is 5.91 Å². The summed E-state index contributed by atoms with van der Waals surface area (Å²) in [5.41, 5.74) is 6.54. The summed E-state index contributed by atoms with van der Waals surface area (Å²) in [5.74, 6) is 0.431. The number of nitrogens with two attached hydrogens (primary N) is 1. The Morgan fingerprint density at radius 2 is 2.21 bits per heavy atom. The minimum absolute atomic E-state index is 0.392. The number of hydrogen-bond acceptors (Lipinski definition) is 4. The molecule has 0 bridgehead atoms. The van der Waals surface area contributed by atoms with Crippen LogP contribution in [-0.2, 0) is 12.3 Å². The van der Waals surface area contributed by atoms with Gasteiger partial charge in [0.05, 0.1) is 28.8 Å². The normalized spacial score (nSPS) is 10.4. The van der Waals surface area contributed by atoms with Crippen molar-refractivity contribution in [1.82, 2.24) is 4.98 Å². The highest BCUT2D eigenvalue weighted by Gasteiger charge is 2.08. The van der Waals surface area contributed by atoms with E-state index in [1.165, 1.54) is 0 Å². The molecule has 19 heavy (non-hydrogen) atoms. The van der Waals surface area contributed by atoms with Crippen LogP contribution in [0.4, 0.5) is 0 Å². The number of carbonyl (C=O) groups is 1. The zero-order chi connectivity index (χ0) is 13.7. The number of hydrogen-bond donors (Lipinski definition) is 1. The third kappa shape index (κ3) is 3.68. The van der Waals surface area contributed by atoms with Crippen molar-refractivity contribution in [2.45, 2.75) is 12.3 Å². The summed E-state index contributed by atoms with van der Waals surface area (Å²) in [5, 5.41) is 2.90. The van der Waals surface area contributed by atoms with E-state index in [2.05, 4.69) is 4.98 Å². The maximum absolute atomic E-state index is 11.2. The molecule has 0 aliphatic rings. The SMILES string of the molecule is NC(=O)c1ccccc1OCCc1nc(CCl)cs1. The van der Waals surface area contributed by atoms with Crippen molar-refractivity contribution in [2.75, 3.05) is 6.61 Å². The predicted molar refractivity (Wildman–Crippen MR) is 75.8 cm³/mol. The quantitative estimate of drug-likeness (QED) is 0.833. The van der Waals surface area contributed by atoms with Crippen LogP contribution in [0.2, 0.25) is 0 Å². The monoisotopic (exact) mass is 296 g/mol. The van der Waals surface area contributed by atoms with Crippen LogP contribution >= 0.6 is 22.9 Å². The van der Waals surface area contributed by atoms with Gasteiger partial charge in [0.1, 0.15) is 5.75 Å². The lowest BCUT2D eigenvalue weighted by atomic mass is 10.2. The van der Waals surface area contributed by atoms with Gasteiger partial charge in [-0.2, -0.15) is 0 Å². The maximum atomic E-state index is 11.2. The number of nitrogens with zero attached hydrogens (tertiary/aromatic N) is 1. The van der Waals surface area contributed by atoms with E-state index in [4.69, 9.17) is 22.1 Å². The predicted octanol–water partition coefficient (Wildman–Crippen LogP) is 2.60. The number of para-hydroxylation sites is 1. The second-order valence-electron chi connectivity index (χ2n) is 3.83. The molecule has 0 radical (unpaired) electrons. The standard InChI is InChI=1S/C13H13ClN2O2S/c14-7-9-8-19-12(16-9)5-6-18-11-4-2-1-3-10(11)13(15)17/h1-4,8H,5-7H2,(H2,15,17). The lowest BCUT2D eigenvalue weighted by molar-refractivity contribution is 0.0996. The fourth-order valence-corrected chi connectivity index (χ4v) is 2.58. The van der Waals surface area contributed by atoms with Gasteiger partial charge in [-0.3, -0.25) is 4.79 Å². The third-order valence-corrected chi connectivity index (χ3v) is 3.69. The first-order valence-electron chi connectivity index (χ1n) is 5.71. The Morgan fingerprint density at radius 1 is 1.42 bits per heavy atom. The molecule has 0 aliphatic heterocycles. The molecule has 1 amide bonds. The molecule has 0 unspecified atom stereocenters. The largest absolute Gasteiger partial charge is 0.492 e. The number of benzene rings is 1. The molecule has 0 saturated heterocycles. The fourth-order valence-electron chi connectivity index (χ4n) is 1.57. The summed E-state index contributed by atoms with van der Waals surface area (Å²) in [6.07, 6.45) is 0.675. The molecule has 1 heterocycles. The van der Waals surface area contributed by atoms with E-state index >= 15 is 0 Å². The van der Waals surface area contributed by atoms with Crippen molar-refractivity contribution in [3.05, 3.63) is 45.9 Å². The van der Waals surface area contributed by atoms with Crippen LogP contribution in [0, 0.1) is 0 Å². The molecule has 2 aromatic rings. The van der Waals surface area contributed by atoms with Gasteiger partial charge in [-0.15, -0.1) is 22.9 Å². The number of rotatable bonds is 6. The van der Waals surface area contributed by atoms with Gasteiger partial charge in [0.15, 0.2) is 0 Å². The van der Waals surface area contributed by atoms with Crippen LogP contribution in [0.25, 0.3) is 0 Å². The van der Waals surface area contributed by atoms with Crippen LogP contribution in [0.15, 0.2) is 29.6 Å².